The number of nitrogens with zero attached hydrogens (tertiary/aromatic N) is 4. The summed E-state index contributed by atoms with van der Waals surface area (Å²) in [5.41, 5.74) is 15.3. The molecule has 126 heavy (non-hydrogen) atoms. The number of nitro benzene ring substituents is 2. The van der Waals surface area contributed by atoms with Crippen molar-refractivity contribution in [1.82, 2.24) is 10.6 Å². The van der Waals surface area contributed by atoms with E-state index in [9.17, 15) is 30.4 Å². The summed E-state index contributed by atoms with van der Waals surface area (Å²) in [6, 6.07) is 52.8. The number of carbonyl (C=O) groups is 4. The van der Waals surface area contributed by atoms with E-state index < -0.39 is 56.9 Å². The predicted molar refractivity (Wildman–Crippen MR) is 509 cm³/mol. The molecule has 4 amide bonds. The number of phenolic OH excluding ortho intramolecular Hbond substituents is 2. The molecular weight excluding hydrogens is 1710 g/mol. The largest absolute Gasteiger partial charge is 0.507 e. The summed E-state index contributed by atoms with van der Waals surface area (Å²) < 4.78 is 14.3. The number of benzene rings is 10. The molecule has 4 N–H and O–H groups in total. The Morgan fingerprint density at radius 2 is 0.698 bits per heavy atom. The van der Waals surface area contributed by atoms with Crippen LogP contribution in [0.25, 0.3) is 0 Å². The van der Waals surface area contributed by atoms with Crippen molar-refractivity contribution in [3.8, 4) is 23.0 Å². The van der Waals surface area contributed by atoms with Crippen molar-refractivity contribution >= 4 is 78.2 Å². The third-order valence-electron chi connectivity index (χ3n) is 25.2. The first-order chi connectivity index (χ1) is 59.7. The van der Waals surface area contributed by atoms with E-state index in [2.05, 4.69) is 174 Å². The van der Waals surface area contributed by atoms with Crippen LogP contribution < -0.4 is 29.9 Å². The summed E-state index contributed by atoms with van der Waals surface area (Å²) in [5, 5.41) is 58.5. The van der Waals surface area contributed by atoms with Gasteiger partial charge in [0.15, 0.2) is 0 Å². The lowest BCUT2D eigenvalue weighted by molar-refractivity contribution is -0.385. The van der Waals surface area contributed by atoms with Crippen LogP contribution in [-0.4, -0.2) is 69.0 Å². The highest BCUT2D eigenvalue weighted by atomic mass is 79.9. The Morgan fingerprint density at radius 3 is 0.976 bits per heavy atom. The first-order valence-electron chi connectivity index (χ1n) is 44.5. The van der Waals surface area contributed by atoms with Gasteiger partial charge in [0, 0.05) is 70.2 Å². The maximum Gasteiger partial charge on any atom is 0.283 e. The molecule has 8 bridgehead atoms. The summed E-state index contributed by atoms with van der Waals surface area (Å²) in [6.07, 6.45) is 13.0. The fourth-order valence-corrected chi connectivity index (χ4v) is 18.5. The number of halogens is 2. The van der Waals surface area contributed by atoms with Crippen LogP contribution in [0.4, 0.5) is 22.7 Å². The summed E-state index contributed by atoms with van der Waals surface area (Å²) in [7, 11) is 0. The van der Waals surface area contributed by atoms with E-state index >= 15 is 19.2 Å². The molecule has 0 saturated heterocycles. The van der Waals surface area contributed by atoms with Crippen molar-refractivity contribution in [2.24, 2.45) is 0 Å². The van der Waals surface area contributed by atoms with E-state index in [1.165, 1.54) is 34.1 Å². The van der Waals surface area contributed by atoms with Crippen LogP contribution in [0.15, 0.2) is 191 Å². The number of aromatic hydroxyl groups is 2. The average Bonchev–Trinajstić information content (AvgIpc) is 0.697. The minimum absolute atomic E-state index is 0.114. The number of amides is 4. The van der Waals surface area contributed by atoms with Crippen molar-refractivity contribution in [1.29, 1.82) is 0 Å². The van der Waals surface area contributed by atoms with Crippen LogP contribution >= 0.6 is 31.9 Å². The van der Waals surface area contributed by atoms with E-state index in [0.717, 1.165) is 153 Å². The van der Waals surface area contributed by atoms with Gasteiger partial charge >= 0.3 is 0 Å². The van der Waals surface area contributed by atoms with Crippen molar-refractivity contribution in [2.75, 3.05) is 23.0 Å². The molecule has 0 aromatic heterocycles. The fourth-order valence-electron chi connectivity index (χ4n) is 17.9. The number of aryl methyl sites for hydroxylation is 2. The van der Waals surface area contributed by atoms with Crippen LogP contribution in [0.2, 0.25) is 0 Å². The molecule has 18 nitrogen and oxygen atoms in total. The number of phenols is 2. The molecule has 3 aliphatic rings. The SMILES string of the molecule is Cc1ccc(N(C(=O)c2ccc(Br)cc2[N+](=O)[O-])C(C(=O)NC2CCCCC2)c2ccc(OCCCc3c4cc(C(C)(C)C)cc3Cc3cc(C(C)(C)C)cc(c3O)Cc3cc(C(C)(C)C)cc(c3CCCOc3ccc(C(C(=O)NC5CCCCC5)N(C(=O)c5ccc(Br)cc5[N+](=O)[O-])c5ccc(C)cc5)cc3)Cc3cc(C(C)(C)C)cc(c3O)C4)cc2)cc1. The van der Waals surface area contributed by atoms with Gasteiger partial charge in [-0.3, -0.25) is 49.2 Å². The molecule has 10 aromatic carbocycles. The molecule has 2 unspecified atom stereocenters. The van der Waals surface area contributed by atoms with Crippen LogP contribution in [0, 0.1) is 34.1 Å². The lowest BCUT2D eigenvalue weighted by Crippen LogP contribution is -2.47. The topological polar surface area (TPSA) is 244 Å². The van der Waals surface area contributed by atoms with Gasteiger partial charge in [0.05, 0.1) is 23.1 Å². The minimum Gasteiger partial charge on any atom is -0.507 e. The summed E-state index contributed by atoms with van der Waals surface area (Å²) >= 11 is 6.72. The predicted octanol–water partition coefficient (Wildman–Crippen LogP) is 24.6. The number of nitrogens with one attached hydrogen (secondary N) is 2. The van der Waals surface area contributed by atoms with Gasteiger partial charge in [-0.2, -0.15) is 0 Å². The molecule has 0 spiro atoms. The van der Waals surface area contributed by atoms with Crippen molar-refractivity contribution < 1.29 is 48.7 Å². The van der Waals surface area contributed by atoms with Gasteiger partial charge < -0.3 is 30.3 Å². The van der Waals surface area contributed by atoms with Gasteiger partial charge in [0.1, 0.15) is 46.2 Å². The second-order valence-electron chi connectivity index (χ2n) is 38.9. The first-order valence-corrected chi connectivity index (χ1v) is 46.1. The Kier molecular flexibility index (Phi) is 28.8. The zero-order chi connectivity index (χ0) is 90.4. The van der Waals surface area contributed by atoms with Gasteiger partial charge in [-0.1, -0.05) is 262 Å². The molecule has 660 valence electrons. The Balaban J connectivity index is 0.834. The van der Waals surface area contributed by atoms with Gasteiger partial charge in [-0.05, 0) is 249 Å². The number of fused-ring (bicyclic) bond motifs is 8. The van der Waals surface area contributed by atoms with Crippen LogP contribution in [0.5, 0.6) is 23.0 Å². The molecule has 2 atom stereocenters. The Hall–Kier alpha value is -11.0. The van der Waals surface area contributed by atoms with Crippen molar-refractivity contribution in [3.05, 3.63) is 322 Å². The number of rotatable bonds is 24. The second kappa shape index (κ2) is 39.1. The summed E-state index contributed by atoms with van der Waals surface area (Å²) in [4.78, 5) is 87.6. The highest BCUT2D eigenvalue weighted by Gasteiger charge is 2.41. The lowest BCUT2D eigenvalue weighted by Gasteiger charge is -2.33. The number of hydrogen-bond donors (Lipinski definition) is 4. The molecule has 2 fully saturated rings. The quantitative estimate of drug-likeness (QED) is 0.0251. The van der Waals surface area contributed by atoms with E-state index in [0.29, 0.717) is 108 Å². The van der Waals surface area contributed by atoms with E-state index in [-0.39, 0.29) is 56.4 Å². The molecule has 0 radical (unpaired) electrons. The zero-order valence-electron chi connectivity index (χ0n) is 75.3. The summed E-state index contributed by atoms with van der Waals surface area (Å²) in [6.45, 7) is 31.0. The standard InChI is InChI=1S/C106H120Br2N6O12/c1-65-29-39-85(40-30-65)111(101(119)91-47-37-81(107)63-93(91)113(121)122)95(99(117)109-83-23-17-15-18-24-83)67-33-43-87(44-34-67)125-49-21-27-89-69-51-73-59-79(105(9,10)11)61-75(97(73)115)53-71-57-78(104(6,7)8)58-72(54-76-62-80(106(12,13)14)60-74(98(76)116)52-70(89)56-77(55-69)103(3,4)5)90(71)28-22-50-126-88-45-35-68(36-46-88)96(100(118)110-84-25-19-16-20-26-84)112(86-41-31-66(2)32-42-86)102(120)92-48-38-82(108)64-94(92)114(123)124/h29-48,55-64,83-84,95-96,115-116H,15-28,49-54H2,1-14H3,(H,109,117)(H,110,118). The zero-order valence-corrected chi connectivity index (χ0v) is 78.5. The number of hydrogen-bond acceptors (Lipinski definition) is 12. The van der Waals surface area contributed by atoms with E-state index in [1.54, 1.807) is 60.7 Å². The van der Waals surface area contributed by atoms with E-state index in [1.807, 2.05) is 62.4 Å². The third kappa shape index (κ3) is 22.2. The van der Waals surface area contributed by atoms with Crippen molar-refractivity contribution in [2.45, 2.75) is 258 Å². The van der Waals surface area contributed by atoms with Gasteiger partial charge in [-0.25, -0.2) is 0 Å². The Bertz CT molecular complexity index is 5240. The third-order valence-corrected chi connectivity index (χ3v) is 26.2. The molecule has 13 rings (SSSR count). The summed E-state index contributed by atoms with van der Waals surface area (Å²) in [5.74, 6) is -0.671. The van der Waals surface area contributed by atoms with Crippen LogP contribution in [0.1, 0.15) is 293 Å². The van der Waals surface area contributed by atoms with Gasteiger partial charge in [0.25, 0.3) is 23.2 Å². The molecule has 0 aliphatic heterocycles. The first kappa shape index (κ1) is 92.7. The van der Waals surface area contributed by atoms with Crippen molar-refractivity contribution in [3.63, 3.8) is 0 Å². The minimum atomic E-state index is -1.24. The number of carbonyl (C=O) groups excluding carboxylic acids is 4. The second-order valence-corrected chi connectivity index (χ2v) is 40.8. The Morgan fingerprint density at radius 1 is 0.413 bits per heavy atom. The number of anilines is 2. The molecule has 10 aromatic rings. The smallest absolute Gasteiger partial charge is 0.283 e. The maximum absolute atomic E-state index is 15.2. The van der Waals surface area contributed by atoms with Gasteiger partial charge in [0.2, 0.25) is 11.8 Å². The highest BCUT2D eigenvalue weighted by Crippen LogP contribution is 2.45. The normalized spacial score (nSPS) is 14.6. The molecule has 20 heteroatoms. The molecular formula is C106H120Br2N6O12. The molecule has 0 heterocycles. The van der Waals surface area contributed by atoms with Crippen LogP contribution in [0.3, 0.4) is 0 Å². The maximum atomic E-state index is 15.2. The molecule has 2 saturated carbocycles. The van der Waals surface area contributed by atoms with E-state index in [4.69, 9.17) is 9.47 Å². The average molecular weight is 1830 g/mol. The highest BCUT2D eigenvalue weighted by molar-refractivity contribution is 9.10. The monoisotopic (exact) mass is 1830 g/mol. The number of nitro groups is 2. The lowest BCUT2D eigenvalue weighted by atomic mass is 9.77. The number of ether oxygens (including phenoxy) is 2. The fraction of sp³-hybridized carbons (Fsp3) is 0.396. The Labute approximate surface area is 759 Å². The molecule has 3 aliphatic carbocycles. The van der Waals surface area contributed by atoms with Gasteiger partial charge in [-0.15, -0.1) is 0 Å². The van der Waals surface area contributed by atoms with Crippen LogP contribution in [-0.2, 0) is 69.8 Å².